The van der Waals surface area contributed by atoms with Crippen LogP contribution in [0, 0.1) is 0 Å². The Morgan fingerprint density at radius 3 is 2.25 bits per heavy atom. The summed E-state index contributed by atoms with van der Waals surface area (Å²) in [6.45, 7) is 4.77. The van der Waals surface area contributed by atoms with E-state index in [1.807, 2.05) is 0 Å². The lowest BCUT2D eigenvalue weighted by Gasteiger charge is -2.26. The smallest absolute Gasteiger partial charge is 0.186 e. The van der Waals surface area contributed by atoms with E-state index in [-0.39, 0.29) is 17.1 Å². The van der Waals surface area contributed by atoms with Gasteiger partial charge in [-0.3, -0.25) is 4.79 Å². The largest absolute Gasteiger partial charge is 0.872 e. The van der Waals surface area contributed by atoms with Crippen LogP contribution in [0.25, 0.3) is 0 Å². The first-order valence-electron chi connectivity index (χ1n) is 2.26. The molecule has 1 aliphatic carbocycles. The molecule has 0 atom stereocenters. The van der Waals surface area contributed by atoms with E-state index in [2.05, 4.69) is 6.58 Å². The number of hydrogen-bond donors (Lipinski definition) is 0. The van der Waals surface area contributed by atoms with E-state index in [0.717, 1.165) is 0 Å². The molecule has 0 spiro atoms. The molecule has 0 bridgehead atoms. The van der Waals surface area contributed by atoms with Crippen molar-refractivity contribution < 1.29 is 9.90 Å². The number of carbonyl (C=O) groups is 1. The molecule has 0 N–H and O–H groups in total. The number of rotatable bonds is 0. The van der Waals surface area contributed by atoms with E-state index < -0.39 is 0 Å². The first-order chi connectivity index (χ1) is 3.64. The van der Waals surface area contributed by atoms with Crippen LogP contribution in [-0.4, -0.2) is 5.78 Å². The van der Waals surface area contributed by atoms with Gasteiger partial charge in [-0.25, -0.2) is 0 Å². The summed E-state index contributed by atoms with van der Waals surface area (Å²) in [7, 11) is 0. The van der Waals surface area contributed by atoms with Crippen LogP contribution >= 0.6 is 0 Å². The zero-order valence-corrected chi connectivity index (χ0v) is 4.52. The second kappa shape index (κ2) is 1.22. The fourth-order valence-electron chi connectivity index (χ4n) is 0.596. The van der Waals surface area contributed by atoms with Gasteiger partial charge in [-0.15, -0.1) is 0 Å². The average molecular weight is 109 g/mol. The third kappa shape index (κ3) is 0.346. The number of allylic oxidation sites excluding steroid dienone is 2. The molecule has 42 valence electrons. The Balaban J connectivity index is 3.08. The van der Waals surface area contributed by atoms with Gasteiger partial charge in [0.05, 0.1) is 0 Å². The van der Waals surface area contributed by atoms with Crippen LogP contribution in [0.1, 0.15) is 6.92 Å². The van der Waals surface area contributed by atoms with Crippen LogP contribution in [0.2, 0.25) is 0 Å². The van der Waals surface area contributed by atoms with Gasteiger partial charge in [-0.05, 0) is 12.5 Å². The Labute approximate surface area is 47.1 Å². The SMILES string of the molecule is C=C1C(=O)C(C)=C1[O-]. The average Bonchev–Trinajstić information content (AvgIpc) is 1.83. The summed E-state index contributed by atoms with van der Waals surface area (Å²) in [5.74, 6) is -0.370. The zero-order chi connectivity index (χ0) is 6.31. The fraction of sp³-hybridized carbons (Fsp3) is 0.167. The van der Waals surface area contributed by atoms with Crippen LogP contribution in [0.5, 0.6) is 0 Å². The standard InChI is InChI=1S/C6H6O2/c1-3-5(7)4(2)6(3)8/h7H,1H2,2H3/p-1. The Hall–Kier alpha value is -1.05. The summed E-state index contributed by atoms with van der Waals surface area (Å²) >= 11 is 0. The molecule has 0 saturated carbocycles. The summed E-state index contributed by atoms with van der Waals surface area (Å²) in [4.78, 5) is 10.4. The molecule has 1 aliphatic rings. The van der Waals surface area contributed by atoms with E-state index in [4.69, 9.17) is 0 Å². The quantitative estimate of drug-likeness (QED) is 0.403. The maximum Gasteiger partial charge on any atom is 0.186 e. The summed E-state index contributed by atoms with van der Waals surface area (Å²) < 4.78 is 0. The van der Waals surface area contributed by atoms with Gasteiger partial charge in [0.25, 0.3) is 0 Å². The van der Waals surface area contributed by atoms with Crippen molar-refractivity contribution in [2.45, 2.75) is 6.92 Å². The van der Waals surface area contributed by atoms with Gasteiger partial charge < -0.3 is 5.11 Å². The minimum atomic E-state index is -0.185. The second-order valence-corrected chi connectivity index (χ2v) is 1.76. The maximum absolute atomic E-state index is 10.4. The van der Waals surface area contributed by atoms with Crippen molar-refractivity contribution in [2.24, 2.45) is 0 Å². The molecule has 2 nitrogen and oxygen atoms in total. The molecule has 1 rings (SSSR count). The van der Waals surface area contributed by atoms with Crippen molar-refractivity contribution in [3.63, 3.8) is 0 Å². The minimum Gasteiger partial charge on any atom is -0.872 e. The fourth-order valence-corrected chi connectivity index (χ4v) is 0.596. The molecule has 0 amide bonds. The number of ketones is 1. The van der Waals surface area contributed by atoms with Crippen LogP contribution in [0.15, 0.2) is 23.5 Å². The van der Waals surface area contributed by atoms with Crippen molar-refractivity contribution in [2.75, 3.05) is 0 Å². The van der Waals surface area contributed by atoms with Gasteiger partial charge in [0.15, 0.2) is 5.78 Å². The lowest BCUT2D eigenvalue weighted by molar-refractivity contribution is -0.300. The van der Waals surface area contributed by atoms with E-state index in [1.165, 1.54) is 6.92 Å². The Morgan fingerprint density at radius 2 is 2.12 bits per heavy atom. The summed E-state index contributed by atoms with van der Waals surface area (Å²) in [6, 6.07) is 0. The molecule has 0 aromatic carbocycles. The van der Waals surface area contributed by atoms with E-state index in [9.17, 15) is 9.90 Å². The minimum absolute atomic E-state index is 0.127. The highest BCUT2D eigenvalue weighted by atomic mass is 16.3. The van der Waals surface area contributed by atoms with Gasteiger partial charge >= 0.3 is 0 Å². The molecule has 2 heteroatoms. The molecule has 0 unspecified atom stereocenters. The molecule has 0 aromatic heterocycles. The third-order valence-corrected chi connectivity index (χ3v) is 1.23. The van der Waals surface area contributed by atoms with Gasteiger partial charge in [0, 0.05) is 5.57 Å². The van der Waals surface area contributed by atoms with Crippen LogP contribution < -0.4 is 5.11 Å². The first kappa shape index (κ1) is 5.09. The molecule has 0 aromatic rings. The van der Waals surface area contributed by atoms with Gasteiger partial charge in [0.1, 0.15) is 0 Å². The monoisotopic (exact) mass is 109 g/mol. The second-order valence-electron chi connectivity index (χ2n) is 1.76. The van der Waals surface area contributed by atoms with Gasteiger partial charge in [-0.1, -0.05) is 12.3 Å². The Bertz CT molecular complexity index is 177. The lowest BCUT2D eigenvalue weighted by atomic mass is 9.91. The first-order valence-corrected chi connectivity index (χ1v) is 2.26. The van der Waals surface area contributed by atoms with E-state index in [0.29, 0.717) is 5.57 Å². The topological polar surface area (TPSA) is 40.1 Å². The van der Waals surface area contributed by atoms with Crippen molar-refractivity contribution in [3.8, 4) is 0 Å². The number of Topliss-reactive ketones (excluding diaryl/α,β-unsaturated/α-hetero) is 1. The molecule has 0 fully saturated rings. The number of carbonyl (C=O) groups excluding carboxylic acids is 1. The van der Waals surface area contributed by atoms with Crippen molar-refractivity contribution >= 4 is 5.78 Å². The summed E-state index contributed by atoms with van der Waals surface area (Å²) in [6.07, 6.45) is 0. The highest BCUT2D eigenvalue weighted by Crippen LogP contribution is 2.22. The Morgan fingerprint density at radius 1 is 1.62 bits per heavy atom. The van der Waals surface area contributed by atoms with Gasteiger partial charge in [-0.2, -0.15) is 0 Å². The van der Waals surface area contributed by atoms with Crippen LogP contribution in [0.3, 0.4) is 0 Å². The third-order valence-electron chi connectivity index (χ3n) is 1.23. The molecule has 0 heterocycles. The maximum atomic E-state index is 10.4. The van der Waals surface area contributed by atoms with E-state index in [1.54, 1.807) is 0 Å². The zero-order valence-electron chi connectivity index (χ0n) is 4.52. The van der Waals surface area contributed by atoms with Crippen molar-refractivity contribution in [1.82, 2.24) is 0 Å². The predicted octanol–water partition coefficient (Wildman–Crippen LogP) is -0.240. The van der Waals surface area contributed by atoms with Crippen molar-refractivity contribution in [1.29, 1.82) is 0 Å². The number of hydrogen-bond acceptors (Lipinski definition) is 2. The molecule has 8 heavy (non-hydrogen) atoms. The molecular weight excluding hydrogens is 104 g/mol. The highest BCUT2D eigenvalue weighted by molar-refractivity contribution is 6.17. The highest BCUT2D eigenvalue weighted by Gasteiger charge is 2.19. The predicted molar refractivity (Wildman–Crippen MR) is 26.8 cm³/mol. The van der Waals surface area contributed by atoms with Gasteiger partial charge in [0.2, 0.25) is 0 Å². The molecule has 0 saturated heterocycles. The molecule has 0 aliphatic heterocycles. The van der Waals surface area contributed by atoms with E-state index >= 15 is 0 Å². The van der Waals surface area contributed by atoms with Crippen LogP contribution in [0.4, 0.5) is 0 Å². The molecule has 0 radical (unpaired) electrons. The summed E-state index contributed by atoms with van der Waals surface area (Å²) in [5, 5.41) is 10.4. The lowest BCUT2D eigenvalue weighted by Crippen LogP contribution is -2.27. The summed E-state index contributed by atoms with van der Waals surface area (Å²) in [5.41, 5.74) is 0.442. The molecular formula is C6H5O2-. The normalized spacial score (nSPS) is 19.1. The van der Waals surface area contributed by atoms with Crippen molar-refractivity contribution in [3.05, 3.63) is 23.5 Å². The van der Waals surface area contributed by atoms with Crippen LogP contribution in [-0.2, 0) is 4.79 Å². The Kier molecular flexibility index (Phi) is 0.774.